The molecular weight excluding hydrogens is 287 g/mol. The fourth-order valence-electron chi connectivity index (χ4n) is 1.79. The summed E-state index contributed by atoms with van der Waals surface area (Å²) in [6.45, 7) is 0.0492. The van der Waals surface area contributed by atoms with Gasteiger partial charge in [0.05, 0.1) is 11.5 Å². The van der Waals surface area contributed by atoms with Crippen LogP contribution in [0.2, 0.25) is 0 Å². The summed E-state index contributed by atoms with van der Waals surface area (Å²) in [6, 6.07) is 4.76. The number of fused-ring (bicyclic) bond motifs is 1. The molecule has 0 aliphatic heterocycles. The molecule has 0 fully saturated rings. The van der Waals surface area contributed by atoms with Gasteiger partial charge in [0.2, 0.25) is 0 Å². The Morgan fingerprint density at radius 1 is 1.53 bits per heavy atom. The number of amides is 1. The molecule has 102 valence electrons. The van der Waals surface area contributed by atoms with E-state index in [1.165, 1.54) is 29.2 Å². The molecule has 7 heteroatoms. The van der Waals surface area contributed by atoms with Crippen molar-refractivity contribution in [1.29, 1.82) is 0 Å². The monoisotopic (exact) mass is 300 g/mol. The third kappa shape index (κ3) is 2.89. The summed E-state index contributed by atoms with van der Waals surface area (Å²) in [5, 5.41) is 9.26. The van der Waals surface area contributed by atoms with E-state index in [4.69, 9.17) is 10.9 Å². The summed E-state index contributed by atoms with van der Waals surface area (Å²) in [5.74, 6) is 5.39. The number of thioether (sulfide) groups is 1. The van der Waals surface area contributed by atoms with Gasteiger partial charge in [-0.25, -0.2) is 10.2 Å². The summed E-state index contributed by atoms with van der Waals surface area (Å²) in [7, 11) is 0. The van der Waals surface area contributed by atoms with Gasteiger partial charge in [0.25, 0.3) is 5.91 Å². The van der Waals surface area contributed by atoms with Crippen molar-refractivity contribution in [3.8, 4) is 0 Å². The molecule has 2 aromatic rings. The minimum atomic E-state index is -0.416. The molecule has 1 heterocycles. The van der Waals surface area contributed by atoms with Crippen LogP contribution in [0, 0.1) is 5.82 Å². The number of aliphatic hydroxyl groups is 1. The Hall–Kier alpha value is -1.15. The number of carbonyl (C=O) groups excluding carboxylic acids is 1. The number of rotatable bonds is 5. The topological polar surface area (TPSA) is 75.3 Å². The van der Waals surface area contributed by atoms with Crippen LogP contribution in [0.1, 0.15) is 15.2 Å². The highest BCUT2D eigenvalue weighted by Crippen LogP contribution is 2.35. The van der Waals surface area contributed by atoms with Crippen molar-refractivity contribution in [3.05, 3.63) is 34.5 Å². The third-order valence-electron chi connectivity index (χ3n) is 2.58. The van der Waals surface area contributed by atoms with Crippen molar-refractivity contribution in [2.24, 2.45) is 5.84 Å². The van der Waals surface area contributed by atoms with Gasteiger partial charge in [-0.15, -0.1) is 11.3 Å². The van der Waals surface area contributed by atoms with Crippen LogP contribution >= 0.6 is 23.1 Å². The highest BCUT2D eigenvalue weighted by atomic mass is 32.2. The number of hydrogen-bond acceptors (Lipinski definition) is 5. The number of aliphatic hydroxyl groups excluding tert-OH is 1. The van der Waals surface area contributed by atoms with Crippen molar-refractivity contribution < 1.29 is 14.3 Å². The quantitative estimate of drug-likeness (QED) is 0.341. The Morgan fingerprint density at radius 2 is 2.32 bits per heavy atom. The summed E-state index contributed by atoms with van der Waals surface area (Å²) < 4.78 is 14.6. The number of hydrogen-bond donors (Lipinski definition) is 3. The number of nitrogens with one attached hydrogen (secondary N) is 1. The second kappa shape index (κ2) is 6.33. The van der Waals surface area contributed by atoms with E-state index in [-0.39, 0.29) is 12.4 Å². The number of benzene rings is 1. The van der Waals surface area contributed by atoms with Gasteiger partial charge in [-0.2, -0.15) is 11.8 Å². The van der Waals surface area contributed by atoms with E-state index in [1.54, 1.807) is 12.1 Å². The van der Waals surface area contributed by atoms with Crippen LogP contribution in [0.25, 0.3) is 10.1 Å². The second-order valence-electron chi connectivity index (χ2n) is 3.77. The van der Waals surface area contributed by atoms with E-state index >= 15 is 0 Å². The van der Waals surface area contributed by atoms with Crippen LogP contribution in [-0.4, -0.2) is 23.4 Å². The molecule has 2 rings (SSSR count). The Kier molecular flexibility index (Phi) is 4.76. The normalized spacial score (nSPS) is 10.9. The number of halogens is 1. The van der Waals surface area contributed by atoms with Gasteiger partial charge >= 0.3 is 0 Å². The first-order valence-corrected chi connectivity index (χ1v) is 7.55. The molecular formula is C12H13FN2O2S2. The van der Waals surface area contributed by atoms with Crippen molar-refractivity contribution in [1.82, 2.24) is 5.43 Å². The summed E-state index contributed by atoms with van der Waals surface area (Å²) in [5.41, 5.74) is 2.72. The maximum Gasteiger partial charge on any atom is 0.275 e. The zero-order chi connectivity index (χ0) is 13.8. The van der Waals surface area contributed by atoms with Crippen LogP contribution in [0.5, 0.6) is 0 Å². The van der Waals surface area contributed by atoms with Crippen LogP contribution < -0.4 is 11.3 Å². The van der Waals surface area contributed by atoms with E-state index < -0.39 is 5.91 Å². The Labute approximate surface area is 117 Å². The molecule has 0 radical (unpaired) electrons. The standard InChI is InChI=1S/C12H13FN2O2S2/c13-8-2-1-3-9-10(8)7(6-18-5-4-16)11(19-9)12(17)15-14/h1-3,16H,4-6,14H2,(H,15,17). The van der Waals surface area contributed by atoms with Crippen molar-refractivity contribution in [3.63, 3.8) is 0 Å². The molecule has 0 aliphatic rings. The first-order valence-electron chi connectivity index (χ1n) is 5.58. The zero-order valence-corrected chi connectivity index (χ0v) is 11.6. The molecule has 0 bridgehead atoms. The number of nitrogens with two attached hydrogens (primary N) is 1. The Bertz CT molecular complexity index is 601. The molecule has 1 aromatic heterocycles. The first-order chi connectivity index (χ1) is 9.19. The zero-order valence-electron chi connectivity index (χ0n) is 9.98. The van der Waals surface area contributed by atoms with Crippen LogP contribution in [0.3, 0.4) is 0 Å². The fourth-order valence-corrected chi connectivity index (χ4v) is 3.79. The van der Waals surface area contributed by atoms with Crippen molar-refractivity contribution >= 4 is 39.1 Å². The molecule has 1 aromatic carbocycles. The minimum absolute atomic E-state index is 0.0492. The number of hydrazine groups is 1. The lowest BCUT2D eigenvalue weighted by atomic mass is 10.1. The van der Waals surface area contributed by atoms with Crippen molar-refractivity contribution in [2.75, 3.05) is 12.4 Å². The predicted molar refractivity (Wildman–Crippen MR) is 76.7 cm³/mol. The maximum atomic E-state index is 13.9. The Balaban J connectivity index is 2.50. The Morgan fingerprint density at radius 3 is 3.00 bits per heavy atom. The summed E-state index contributed by atoms with van der Waals surface area (Å²) >= 11 is 2.67. The molecule has 4 N–H and O–H groups in total. The van der Waals surface area contributed by atoms with Crippen molar-refractivity contribution in [2.45, 2.75) is 5.75 Å². The lowest BCUT2D eigenvalue weighted by Gasteiger charge is -2.03. The second-order valence-corrected chi connectivity index (χ2v) is 5.93. The first kappa shape index (κ1) is 14.3. The average Bonchev–Trinajstić information content (AvgIpc) is 2.78. The molecule has 0 aliphatic carbocycles. The molecule has 0 saturated carbocycles. The van der Waals surface area contributed by atoms with Gasteiger partial charge in [0.1, 0.15) is 5.82 Å². The van der Waals surface area contributed by atoms with Gasteiger partial charge in [-0.3, -0.25) is 10.2 Å². The molecule has 0 atom stereocenters. The van der Waals surface area contributed by atoms with E-state index in [0.717, 1.165) is 4.70 Å². The SMILES string of the molecule is NNC(=O)c1sc2cccc(F)c2c1CSCCO. The largest absolute Gasteiger partial charge is 0.396 e. The fraction of sp³-hybridized carbons (Fsp3) is 0.250. The summed E-state index contributed by atoms with van der Waals surface area (Å²) in [4.78, 5) is 12.2. The number of carbonyl (C=O) groups is 1. The van der Waals surface area contributed by atoms with Gasteiger partial charge in [-0.05, 0) is 17.7 Å². The highest BCUT2D eigenvalue weighted by Gasteiger charge is 2.19. The maximum absolute atomic E-state index is 13.9. The van der Waals surface area contributed by atoms with Crippen LogP contribution in [-0.2, 0) is 5.75 Å². The lowest BCUT2D eigenvalue weighted by molar-refractivity contribution is 0.0957. The van der Waals surface area contributed by atoms with Gasteiger partial charge in [0.15, 0.2) is 0 Å². The van der Waals surface area contributed by atoms with Gasteiger partial charge < -0.3 is 5.11 Å². The van der Waals surface area contributed by atoms with Gasteiger partial charge in [0, 0.05) is 21.6 Å². The molecule has 0 unspecified atom stereocenters. The smallest absolute Gasteiger partial charge is 0.275 e. The molecule has 1 amide bonds. The molecule has 0 spiro atoms. The minimum Gasteiger partial charge on any atom is -0.396 e. The average molecular weight is 300 g/mol. The van der Waals surface area contributed by atoms with E-state index in [9.17, 15) is 9.18 Å². The van der Waals surface area contributed by atoms with E-state index in [2.05, 4.69) is 5.43 Å². The van der Waals surface area contributed by atoms with E-state index in [0.29, 0.717) is 27.3 Å². The number of thiophene rings is 1. The van der Waals surface area contributed by atoms with Crippen LogP contribution in [0.4, 0.5) is 4.39 Å². The number of nitrogen functional groups attached to an aromatic ring is 1. The van der Waals surface area contributed by atoms with Crippen LogP contribution in [0.15, 0.2) is 18.2 Å². The molecule has 19 heavy (non-hydrogen) atoms. The van der Waals surface area contributed by atoms with E-state index in [1.807, 2.05) is 0 Å². The highest BCUT2D eigenvalue weighted by molar-refractivity contribution is 7.98. The van der Waals surface area contributed by atoms with Gasteiger partial charge in [-0.1, -0.05) is 6.07 Å². The predicted octanol–water partition coefficient (Wildman–Crippen LogP) is 1.87. The third-order valence-corrected chi connectivity index (χ3v) is 4.74. The lowest BCUT2D eigenvalue weighted by Crippen LogP contribution is -2.29. The molecule has 0 saturated heterocycles. The molecule has 4 nitrogen and oxygen atoms in total. The summed E-state index contributed by atoms with van der Waals surface area (Å²) in [6.07, 6.45) is 0.